The van der Waals surface area contributed by atoms with Crippen LogP contribution in [0, 0.1) is 12.8 Å². The predicted octanol–water partition coefficient (Wildman–Crippen LogP) is 3.52. The van der Waals surface area contributed by atoms with Gasteiger partial charge >= 0.3 is 0 Å². The van der Waals surface area contributed by atoms with Crippen LogP contribution in [0.4, 0.5) is 5.82 Å². The highest BCUT2D eigenvalue weighted by atomic mass is 16.2. The van der Waals surface area contributed by atoms with Crippen molar-refractivity contribution in [2.45, 2.75) is 38.6 Å². The molecule has 3 heterocycles. The summed E-state index contributed by atoms with van der Waals surface area (Å²) in [6, 6.07) is 14.7. The first kappa shape index (κ1) is 17.2. The minimum atomic E-state index is 0.310. The molecule has 2 aliphatic rings. The van der Waals surface area contributed by atoms with Crippen molar-refractivity contribution in [1.29, 1.82) is 0 Å². The molecular weight excluding hydrogens is 350 g/mol. The van der Waals surface area contributed by atoms with E-state index in [2.05, 4.69) is 28.6 Å². The summed E-state index contributed by atoms with van der Waals surface area (Å²) in [5.74, 6) is 1.63. The predicted molar refractivity (Wildman–Crippen MR) is 109 cm³/mol. The molecule has 1 aliphatic heterocycles. The number of likely N-dealkylation sites (tertiary alicyclic amines) is 1. The van der Waals surface area contributed by atoms with Crippen molar-refractivity contribution < 1.29 is 4.79 Å². The molecule has 6 nitrogen and oxygen atoms in total. The van der Waals surface area contributed by atoms with E-state index in [4.69, 9.17) is 4.98 Å². The molecule has 5 rings (SSSR count). The van der Waals surface area contributed by atoms with Crippen molar-refractivity contribution in [3.8, 4) is 11.3 Å². The first-order valence-corrected chi connectivity index (χ1v) is 10.2. The number of anilines is 1. The van der Waals surface area contributed by atoms with Gasteiger partial charge in [0.15, 0.2) is 5.65 Å². The SMILES string of the molecule is Cc1cc2nc(-c3ccccc3)cc(NC3CCN(C(=O)C4CC4)CC3)n2n1. The number of rotatable bonds is 4. The number of aryl methyl sites for hydroxylation is 1. The van der Waals surface area contributed by atoms with Gasteiger partial charge in [0, 0.05) is 42.7 Å². The van der Waals surface area contributed by atoms with Crippen molar-refractivity contribution in [3.05, 3.63) is 48.2 Å². The molecule has 2 fully saturated rings. The van der Waals surface area contributed by atoms with Gasteiger partial charge in [-0.15, -0.1) is 0 Å². The molecule has 0 unspecified atom stereocenters. The Bertz CT molecular complexity index is 1000. The zero-order valence-electron chi connectivity index (χ0n) is 16.1. The summed E-state index contributed by atoms with van der Waals surface area (Å²) in [7, 11) is 0. The number of benzene rings is 1. The lowest BCUT2D eigenvalue weighted by Gasteiger charge is -2.33. The van der Waals surface area contributed by atoms with E-state index in [0.29, 0.717) is 17.9 Å². The lowest BCUT2D eigenvalue weighted by molar-refractivity contribution is -0.133. The number of hydrogen-bond acceptors (Lipinski definition) is 4. The van der Waals surface area contributed by atoms with Crippen LogP contribution < -0.4 is 5.32 Å². The Morgan fingerprint density at radius 3 is 2.54 bits per heavy atom. The smallest absolute Gasteiger partial charge is 0.225 e. The maximum atomic E-state index is 12.3. The van der Waals surface area contributed by atoms with Crippen LogP contribution in [0.25, 0.3) is 16.9 Å². The van der Waals surface area contributed by atoms with E-state index in [1.165, 1.54) is 0 Å². The van der Waals surface area contributed by atoms with Crippen molar-refractivity contribution in [3.63, 3.8) is 0 Å². The van der Waals surface area contributed by atoms with Gasteiger partial charge in [0.25, 0.3) is 0 Å². The molecule has 1 saturated carbocycles. The largest absolute Gasteiger partial charge is 0.367 e. The number of fused-ring (bicyclic) bond motifs is 1. The van der Waals surface area contributed by atoms with Crippen molar-refractivity contribution in [2.75, 3.05) is 18.4 Å². The standard InChI is InChI=1S/C22H25N5O/c1-15-13-20-24-19(16-5-3-2-4-6-16)14-21(27(20)25-15)23-18-9-11-26(12-10-18)22(28)17-7-8-17/h2-6,13-14,17-18,23H,7-12H2,1H3. The van der Waals surface area contributed by atoms with Crippen molar-refractivity contribution >= 4 is 17.4 Å². The highest BCUT2D eigenvalue weighted by molar-refractivity contribution is 5.81. The lowest BCUT2D eigenvalue weighted by Crippen LogP contribution is -2.43. The summed E-state index contributed by atoms with van der Waals surface area (Å²) in [6.07, 6.45) is 4.08. The summed E-state index contributed by atoms with van der Waals surface area (Å²) < 4.78 is 1.89. The number of nitrogens with zero attached hydrogens (tertiary/aromatic N) is 4. The number of aromatic nitrogens is 3. The fraction of sp³-hybridized carbons (Fsp3) is 0.409. The molecule has 1 amide bonds. The van der Waals surface area contributed by atoms with E-state index in [1.54, 1.807) is 0 Å². The molecule has 1 saturated heterocycles. The Hall–Kier alpha value is -2.89. The zero-order valence-corrected chi connectivity index (χ0v) is 16.1. The van der Waals surface area contributed by atoms with Crippen molar-refractivity contribution in [1.82, 2.24) is 19.5 Å². The number of amides is 1. The molecule has 0 spiro atoms. The van der Waals surface area contributed by atoms with Gasteiger partial charge < -0.3 is 10.2 Å². The molecule has 1 N–H and O–H groups in total. The van der Waals surface area contributed by atoms with Crippen LogP contribution in [-0.4, -0.2) is 44.5 Å². The summed E-state index contributed by atoms with van der Waals surface area (Å²) in [5.41, 5.74) is 3.84. The third-order valence-electron chi connectivity index (χ3n) is 5.70. The average Bonchev–Trinajstić information content (AvgIpc) is 3.50. The molecule has 0 radical (unpaired) electrons. The molecule has 0 bridgehead atoms. The summed E-state index contributed by atoms with van der Waals surface area (Å²) in [5, 5.41) is 8.29. The van der Waals surface area contributed by atoms with Crippen LogP contribution >= 0.6 is 0 Å². The van der Waals surface area contributed by atoms with Gasteiger partial charge in [-0.3, -0.25) is 4.79 Å². The highest BCUT2D eigenvalue weighted by Gasteiger charge is 2.35. The van der Waals surface area contributed by atoms with Crippen LogP contribution in [0.15, 0.2) is 42.5 Å². The monoisotopic (exact) mass is 375 g/mol. The van der Waals surface area contributed by atoms with Crippen LogP contribution in [-0.2, 0) is 4.79 Å². The topological polar surface area (TPSA) is 62.5 Å². The van der Waals surface area contributed by atoms with E-state index in [9.17, 15) is 4.79 Å². The first-order chi connectivity index (χ1) is 13.7. The molecule has 3 aromatic rings. The van der Waals surface area contributed by atoms with Gasteiger partial charge in [-0.25, -0.2) is 4.98 Å². The third-order valence-corrected chi connectivity index (χ3v) is 5.70. The van der Waals surface area contributed by atoms with Crippen LogP contribution in [0.2, 0.25) is 0 Å². The van der Waals surface area contributed by atoms with Crippen LogP contribution in [0.3, 0.4) is 0 Å². The Labute approximate surface area is 164 Å². The number of carbonyl (C=O) groups excluding carboxylic acids is 1. The molecule has 1 aliphatic carbocycles. The summed E-state index contributed by atoms with van der Waals surface area (Å²) in [4.78, 5) is 19.1. The molecule has 28 heavy (non-hydrogen) atoms. The van der Waals surface area contributed by atoms with E-state index in [-0.39, 0.29) is 0 Å². The van der Waals surface area contributed by atoms with Gasteiger partial charge in [0.2, 0.25) is 5.91 Å². The second-order valence-corrected chi connectivity index (χ2v) is 7.97. The molecule has 6 heteroatoms. The number of piperidine rings is 1. The van der Waals surface area contributed by atoms with Gasteiger partial charge in [0.1, 0.15) is 5.82 Å². The maximum Gasteiger partial charge on any atom is 0.225 e. The third kappa shape index (κ3) is 3.35. The summed E-state index contributed by atoms with van der Waals surface area (Å²) in [6.45, 7) is 3.67. The first-order valence-electron chi connectivity index (χ1n) is 10.2. The fourth-order valence-electron chi connectivity index (χ4n) is 3.99. The zero-order chi connectivity index (χ0) is 19.1. The molecule has 144 valence electrons. The number of nitrogens with one attached hydrogen (secondary N) is 1. The van der Waals surface area contributed by atoms with Crippen LogP contribution in [0.5, 0.6) is 0 Å². The van der Waals surface area contributed by atoms with Gasteiger partial charge in [-0.2, -0.15) is 9.61 Å². The second kappa shape index (κ2) is 6.93. The van der Waals surface area contributed by atoms with Gasteiger partial charge in [-0.1, -0.05) is 30.3 Å². The Morgan fingerprint density at radius 2 is 1.82 bits per heavy atom. The van der Waals surface area contributed by atoms with E-state index >= 15 is 0 Å². The van der Waals surface area contributed by atoms with Crippen LogP contribution in [0.1, 0.15) is 31.4 Å². The maximum absolute atomic E-state index is 12.3. The van der Waals surface area contributed by atoms with Crippen molar-refractivity contribution in [2.24, 2.45) is 5.92 Å². The van der Waals surface area contributed by atoms with E-state index in [0.717, 1.165) is 67.2 Å². The molecule has 2 aromatic heterocycles. The van der Waals surface area contributed by atoms with Gasteiger partial charge in [0.05, 0.1) is 11.4 Å². The second-order valence-electron chi connectivity index (χ2n) is 7.97. The van der Waals surface area contributed by atoms with E-state index in [1.807, 2.05) is 40.6 Å². The lowest BCUT2D eigenvalue weighted by atomic mass is 10.0. The number of hydrogen-bond donors (Lipinski definition) is 1. The quantitative estimate of drug-likeness (QED) is 0.758. The minimum Gasteiger partial charge on any atom is -0.367 e. The number of carbonyl (C=O) groups is 1. The highest BCUT2D eigenvalue weighted by Crippen LogP contribution is 2.32. The molecule has 0 atom stereocenters. The molecule has 1 aromatic carbocycles. The van der Waals surface area contributed by atoms with E-state index < -0.39 is 0 Å². The summed E-state index contributed by atoms with van der Waals surface area (Å²) >= 11 is 0. The minimum absolute atomic E-state index is 0.310. The average molecular weight is 375 g/mol. The van der Waals surface area contributed by atoms with Gasteiger partial charge in [-0.05, 0) is 32.6 Å². The Balaban J connectivity index is 1.38. The normalized spacial score (nSPS) is 17.8. The molecular formula is C22H25N5O. The Kier molecular flexibility index (Phi) is 4.26. The fourth-order valence-corrected chi connectivity index (χ4v) is 3.99. The Morgan fingerprint density at radius 1 is 1.07 bits per heavy atom.